The maximum absolute atomic E-state index is 13.1. The molecule has 0 amide bonds. The zero-order valence-electron chi connectivity index (χ0n) is 33.0. The normalized spacial score (nSPS) is 11.9. The van der Waals surface area contributed by atoms with Gasteiger partial charge in [-0.2, -0.15) is 18.6 Å². The second-order valence-electron chi connectivity index (χ2n) is 11.9. The molecule has 5 rings (SSSR count). The first-order chi connectivity index (χ1) is 26.7. The molecule has 306 valence electrons. The minimum absolute atomic E-state index is 0. The monoisotopic (exact) mass is 916 g/mol. The van der Waals surface area contributed by atoms with Gasteiger partial charge in [0.2, 0.25) is 0 Å². The second kappa shape index (κ2) is 24.2. The molecule has 0 saturated heterocycles. The first-order valence-corrected chi connectivity index (χ1v) is 20.6. The molecule has 60 heavy (non-hydrogen) atoms. The number of aliphatic hydroxyl groups is 3. The Morgan fingerprint density at radius 2 is 1.30 bits per heavy atom. The van der Waals surface area contributed by atoms with Gasteiger partial charge >= 0.3 is 99.8 Å². The summed E-state index contributed by atoms with van der Waals surface area (Å²) < 4.78 is 111. The van der Waals surface area contributed by atoms with Gasteiger partial charge in [-0.05, 0) is 65.7 Å². The molecule has 0 atom stereocenters. The quantitative estimate of drug-likeness (QED) is 0.0300. The molecule has 0 aliphatic carbocycles. The summed E-state index contributed by atoms with van der Waals surface area (Å²) in [4.78, 5) is -0.592. The van der Waals surface area contributed by atoms with Gasteiger partial charge in [-0.15, -0.1) is 10.2 Å². The summed E-state index contributed by atoms with van der Waals surface area (Å²) in [5.74, 6) is -0.841. The number of azo groups is 2. The zero-order chi connectivity index (χ0) is 42.3. The van der Waals surface area contributed by atoms with Crippen molar-refractivity contribution in [2.75, 3.05) is 52.3 Å². The first kappa shape index (κ1) is 56.0. The van der Waals surface area contributed by atoms with Gasteiger partial charge in [0.25, 0.3) is 10.1 Å². The predicted molar refractivity (Wildman–Crippen MR) is 201 cm³/mol. The van der Waals surface area contributed by atoms with Crippen molar-refractivity contribution in [3.8, 4) is 11.5 Å². The van der Waals surface area contributed by atoms with Crippen LogP contribution in [0.4, 0.5) is 28.4 Å². The third-order valence-corrected chi connectivity index (χ3v) is 10.7. The zero-order valence-corrected chi connectivity index (χ0v) is 40.6. The molecule has 0 aliphatic heterocycles. The average molecular weight is 917 g/mol. The number of nitrogens with zero attached hydrogens (tertiary/aromatic N) is 5. The number of aryl methyl sites for hydroxylation is 1. The van der Waals surface area contributed by atoms with Gasteiger partial charge in [0.05, 0.1) is 53.8 Å². The van der Waals surface area contributed by atoms with Crippen molar-refractivity contribution < 1.29 is 164 Å². The van der Waals surface area contributed by atoms with Crippen molar-refractivity contribution in [1.29, 1.82) is 0 Å². The Labute approximate surface area is 422 Å². The number of fused-ring (bicyclic) bond motifs is 2. The molecule has 26 heteroatoms. The Balaban J connectivity index is 0.00000123. The van der Waals surface area contributed by atoms with Crippen LogP contribution in [0.1, 0.15) is 5.56 Å². The van der Waals surface area contributed by atoms with E-state index in [4.69, 9.17) is 25.8 Å². The van der Waals surface area contributed by atoms with Crippen LogP contribution < -0.4 is 115 Å². The van der Waals surface area contributed by atoms with E-state index in [1.807, 2.05) is 0 Å². The fraction of sp³-hybridized carbons (Fsp3) is 0.235. The number of anilines is 1. The Bertz CT molecular complexity index is 2700. The molecule has 5 aromatic carbocycles. The number of hydrogen-bond donors (Lipinski definition) is 5. The molecule has 0 heterocycles. The minimum Gasteiger partial charge on any atom is -0.871 e. The fourth-order valence-electron chi connectivity index (χ4n) is 5.43. The molecule has 5 aromatic rings. The van der Waals surface area contributed by atoms with Crippen LogP contribution >= 0.6 is 0 Å². The number of benzene rings is 5. The topological polar surface area (TPSA) is 340 Å². The van der Waals surface area contributed by atoms with E-state index in [1.54, 1.807) is 11.8 Å². The van der Waals surface area contributed by atoms with Crippen molar-refractivity contribution in [3.05, 3.63) is 72.3 Å². The van der Waals surface area contributed by atoms with Crippen LogP contribution in [0.25, 0.3) is 21.5 Å². The summed E-state index contributed by atoms with van der Waals surface area (Å²) in [7, 11) is -13.9. The summed E-state index contributed by atoms with van der Waals surface area (Å²) in [6.45, 7) is 3.30. The fourth-order valence-corrected chi connectivity index (χ4v) is 7.48. The Morgan fingerprint density at radius 1 is 0.717 bits per heavy atom. The van der Waals surface area contributed by atoms with Crippen LogP contribution in [0.15, 0.2) is 102 Å². The van der Waals surface area contributed by atoms with Crippen molar-refractivity contribution in [1.82, 2.24) is 4.90 Å². The molecular formula is C34H35KLiN6NaO14S3. The Kier molecular flexibility index (Phi) is 22.6. The van der Waals surface area contributed by atoms with Crippen molar-refractivity contribution in [2.24, 2.45) is 20.5 Å². The van der Waals surface area contributed by atoms with Crippen LogP contribution in [0.5, 0.6) is 11.5 Å². The molecular weight excluding hydrogens is 882 g/mol. The second-order valence-corrected chi connectivity index (χ2v) is 16.0. The van der Waals surface area contributed by atoms with Gasteiger partial charge in [0.15, 0.2) is 0 Å². The minimum atomic E-state index is -5.15. The summed E-state index contributed by atoms with van der Waals surface area (Å²) in [6.07, 6.45) is 0. The number of methoxy groups -OCH3 is 1. The standard InChI is InChI=1S/C28H23N5O11S3.C6H15NO3.K.Li.Na/c1-14-8-22(32-33-27-26(47(41,42)43)10-15-9-16(29)6-7-18(15)28(27)34)23(44-2)13-21(14)31-30-17-11-20-19(25(12-17)46(38,39)40)4-3-5-24(20)45(35,36)37;8-4-1-7(2-5-9)3-6-10;;;/h3-13,34H,29H2,1-2H3,(H,35,36,37)(H,38,39,40)(H,41,42,43);8-10H,1-6H2;;;/q;;3*+1/p-3. The molecule has 0 radical (unpaired) electrons. The van der Waals surface area contributed by atoms with E-state index in [9.17, 15) is 44.0 Å². The van der Waals surface area contributed by atoms with Crippen LogP contribution in [0.2, 0.25) is 0 Å². The SMILES string of the molecule is COc1cc(N=Nc2cc(S(=O)(=O)[O-])c3cccc(S(=O)(=O)[O-])c3c2)c(C)cc1N=Nc1c(S(=O)(=O)O)cc2cc(N)ccc2c1[O-].OCCN(CCO)CCO.[K+].[Li+].[Na+]. The number of nitrogen functional groups attached to an aromatic ring is 1. The van der Waals surface area contributed by atoms with Crippen LogP contribution in [0.3, 0.4) is 0 Å². The molecule has 0 spiro atoms. The van der Waals surface area contributed by atoms with Gasteiger partial charge in [0.1, 0.15) is 36.6 Å². The average Bonchev–Trinajstić information content (AvgIpc) is 3.12. The third-order valence-electron chi connectivity index (χ3n) is 8.05. The third kappa shape index (κ3) is 14.5. The molecule has 0 aromatic heterocycles. The number of nitrogens with two attached hydrogens (primary N) is 1. The maximum atomic E-state index is 13.1. The smallest absolute Gasteiger partial charge is 0.871 e. The molecule has 0 saturated carbocycles. The van der Waals surface area contributed by atoms with Crippen LogP contribution in [-0.4, -0.2) is 106 Å². The van der Waals surface area contributed by atoms with Crippen molar-refractivity contribution in [3.63, 3.8) is 0 Å². The molecule has 0 unspecified atom stereocenters. The van der Waals surface area contributed by atoms with E-state index in [2.05, 4.69) is 20.5 Å². The summed E-state index contributed by atoms with van der Waals surface area (Å²) in [6, 6.07) is 13.1. The molecule has 0 aliphatic rings. The maximum Gasteiger partial charge on any atom is 1.00 e. The number of rotatable bonds is 14. The Morgan fingerprint density at radius 3 is 1.83 bits per heavy atom. The Hall–Kier alpha value is -1.98. The number of ether oxygens (including phenoxy) is 1. The van der Waals surface area contributed by atoms with Gasteiger partial charge in [-0.3, -0.25) is 9.45 Å². The number of hydrogen-bond acceptors (Lipinski definition) is 19. The molecule has 0 bridgehead atoms. The van der Waals surface area contributed by atoms with E-state index < -0.39 is 56.5 Å². The van der Waals surface area contributed by atoms with Gasteiger partial charge in [-0.1, -0.05) is 23.9 Å². The van der Waals surface area contributed by atoms with E-state index in [-0.39, 0.29) is 170 Å². The molecule has 6 N–H and O–H groups in total. The van der Waals surface area contributed by atoms with E-state index in [1.165, 1.54) is 43.5 Å². The van der Waals surface area contributed by atoms with E-state index in [0.717, 1.165) is 30.3 Å². The predicted octanol–water partition coefficient (Wildman–Crippen LogP) is -5.87. The summed E-state index contributed by atoms with van der Waals surface area (Å²) in [5.41, 5.74) is 5.51. The van der Waals surface area contributed by atoms with Gasteiger partial charge in [-0.25, -0.2) is 16.8 Å². The molecule has 0 fully saturated rings. The molecule has 20 nitrogen and oxygen atoms in total. The van der Waals surface area contributed by atoms with Crippen LogP contribution in [-0.2, 0) is 30.4 Å². The first-order valence-electron chi connectivity index (χ1n) is 16.3. The van der Waals surface area contributed by atoms with Crippen molar-refractivity contribution in [2.45, 2.75) is 21.6 Å². The summed E-state index contributed by atoms with van der Waals surface area (Å²) in [5, 5.41) is 53.9. The van der Waals surface area contributed by atoms with Gasteiger partial charge < -0.3 is 40.0 Å². The number of aliphatic hydroxyl groups excluding tert-OH is 3. The van der Waals surface area contributed by atoms with Crippen molar-refractivity contribution >= 4 is 80.3 Å². The summed E-state index contributed by atoms with van der Waals surface area (Å²) >= 11 is 0. The largest absolute Gasteiger partial charge is 1.00 e. The van der Waals surface area contributed by atoms with E-state index in [0.29, 0.717) is 25.2 Å². The van der Waals surface area contributed by atoms with Crippen LogP contribution in [0, 0.1) is 6.92 Å². The van der Waals surface area contributed by atoms with Gasteiger partial charge in [0, 0.05) is 42.2 Å². The van der Waals surface area contributed by atoms with E-state index >= 15 is 0 Å².